The van der Waals surface area contributed by atoms with Crippen molar-refractivity contribution in [3.63, 3.8) is 0 Å². The van der Waals surface area contributed by atoms with Gasteiger partial charge in [0.05, 0.1) is 0 Å². The van der Waals surface area contributed by atoms with Gasteiger partial charge in [-0.1, -0.05) is 39.7 Å². The minimum Gasteiger partial charge on any atom is -0.0988 e. The third-order valence-electron chi connectivity index (χ3n) is 1.34. The van der Waals surface area contributed by atoms with Gasteiger partial charge in [-0.2, -0.15) is 0 Å². The highest BCUT2D eigenvalue weighted by Crippen LogP contribution is 2.04. The highest BCUT2D eigenvalue weighted by Gasteiger charge is 1.83. The van der Waals surface area contributed by atoms with Gasteiger partial charge in [-0.15, -0.1) is 0 Å². The Morgan fingerprint density at radius 1 is 1.09 bits per heavy atom. The molecule has 0 saturated heterocycles. The first-order chi connectivity index (χ1) is 4.22. The summed E-state index contributed by atoms with van der Waals surface area (Å²) in [5, 5.41) is 0. The molecule has 0 saturated carbocycles. The molecule has 0 fully saturated rings. The average molecular weight is 154 g/mol. The molecular weight excluding hydrogens is 132 g/mol. The van der Waals surface area contributed by atoms with Crippen molar-refractivity contribution in [2.75, 3.05) is 0 Å². The van der Waals surface area contributed by atoms with Crippen LogP contribution in [0.2, 0.25) is 0 Å². The van der Waals surface area contributed by atoms with E-state index >= 15 is 0 Å². The van der Waals surface area contributed by atoms with Gasteiger partial charge < -0.3 is 0 Å². The predicted molar refractivity (Wildman–Crippen MR) is 56.8 cm³/mol. The molecule has 0 heterocycles. The zero-order valence-electron chi connectivity index (χ0n) is 6.44. The zero-order chi connectivity index (χ0) is 7.28. The molecule has 0 bridgehead atoms. The van der Waals surface area contributed by atoms with Gasteiger partial charge in [0.2, 0.25) is 0 Å². The predicted octanol–water partition coefficient (Wildman–Crippen LogP) is 4.36. The van der Waals surface area contributed by atoms with E-state index in [1.165, 1.54) is 11.1 Å². The molecule has 66 valence electrons. The quantitative estimate of drug-likeness (QED) is 0.518. The monoisotopic (exact) mass is 154 g/mol. The summed E-state index contributed by atoms with van der Waals surface area (Å²) in [4.78, 5) is 0. The van der Waals surface area contributed by atoms with E-state index in [2.05, 4.69) is 26.5 Å². The van der Waals surface area contributed by atoms with Crippen LogP contribution in [0.1, 0.15) is 35.6 Å². The Morgan fingerprint density at radius 2 is 1.55 bits per heavy atom. The van der Waals surface area contributed by atoms with Crippen LogP contribution in [0, 0.1) is 0 Å². The van der Waals surface area contributed by atoms with Gasteiger partial charge in [0.15, 0.2) is 0 Å². The topological polar surface area (TPSA) is 0 Å². The van der Waals surface area contributed by atoms with Gasteiger partial charge >= 0.3 is 0 Å². The van der Waals surface area contributed by atoms with Gasteiger partial charge in [0, 0.05) is 0 Å². The molecule has 0 aromatic carbocycles. The summed E-state index contributed by atoms with van der Waals surface area (Å²) in [6.45, 7) is 9.82. The Balaban J connectivity index is -0.000000320. The molecule has 0 radical (unpaired) electrons. The second-order valence-corrected chi connectivity index (χ2v) is 2.07. The Morgan fingerprint density at radius 3 is 1.82 bits per heavy atom. The molecular formula is C11H22. The molecule has 0 amide bonds. The van der Waals surface area contributed by atoms with E-state index < -0.39 is 0 Å². The molecule has 0 aliphatic carbocycles. The normalized spacial score (nSPS) is 11.2. The Kier molecular flexibility index (Phi) is 14.0. The molecule has 0 aromatic rings. The van der Waals surface area contributed by atoms with Gasteiger partial charge in [-0.05, 0) is 31.9 Å². The minimum atomic E-state index is 0. The molecule has 0 aromatic heterocycles. The first-order valence-electron chi connectivity index (χ1n) is 3.15. The van der Waals surface area contributed by atoms with Crippen molar-refractivity contribution in [2.45, 2.75) is 35.6 Å². The van der Waals surface area contributed by atoms with Crippen LogP contribution in [0.15, 0.2) is 36.0 Å². The summed E-state index contributed by atoms with van der Waals surface area (Å²) < 4.78 is 0. The van der Waals surface area contributed by atoms with Crippen molar-refractivity contribution >= 4 is 0 Å². The standard InChI is InChI=1S/C9H14.2CH4/c1-5-7-9(4)8(3)6-2;;/h5-7H,2H2,1,3-4H3;2*1H4/b7-5-,9-8-;;. The lowest BCUT2D eigenvalue weighted by Crippen LogP contribution is -1.73. The number of rotatable bonds is 2. The van der Waals surface area contributed by atoms with Crippen LogP contribution < -0.4 is 0 Å². The number of hydrogen-bond donors (Lipinski definition) is 0. The van der Waals surface area contributed by atoms with Crippen molar-refractivity contribution in [2.24, 2.45) is 0 Å². The van der Waals surface area contributed by atoms with Crippen molar-refractivity contribution in [1.29, 1.82) is 0 Å². The van der Waals surface area contributed by atoms with Crippen LogP contribution in [0.4, 0.5) is 0 Å². The molecule has 11 heavy (non-hydrogen) atoms. The Labute approximate surface area is 72.3 Å². The third-order valence-corrected chi connectivity index (χ3v) is 1.34. The van der Waals surface area contributed by atoms with E-state index in [4.69, 9.17) is 0 Å². The lowest BCUT2D eigenvalue weighted by atomic mass is 10.1. The molecule has 0 rings (SSSR count). The van der Waals surface area contributed by atoms with Crippen LogP contribution in [0.3, 0.4) is 0 Å². The maximum Gasteiger partial charge on any atom is -0.0395 e. The van der Waals surface area contributed by atoms with E-state index in [-0.39, 0.29) is 14.9 Å². The maximum atomic E-state index is 3.67. The van der Waals surface area contributed by atoms with Crippen molar-refractivity contribution < 1.29 is 0 Å². The lowest BCUT2D eigenvalue weighted by molar-refractivity contribution is 1.37. The highest BCUT2D eigenvalue weighted by atomic mass is 13.9. The molecule has 0 aliphatic heterocycles. The Bertz CT molecular complexity index is 147. The van der Waals surface area contributed by atoms with Crippen LogP contribution in [-0.4, -0.2) is 0 Å². The second kappa shape index (κ2) is 9.22. The van der Waals surface area contributed by atoms with Crippen LogP contribution >= 0.6 is 0 Å². The number of allylic oxidation sites excluding steroid dienone is 5. The van der Waals surface area contributed by atoms with Crippen molar-refractivity contribution in [3.05, 3.63) is 36.0 Å². The van der Waals surface area contributed by atoms with Crippen LogP contribution in [0.25, 0.3) is 0 Å². The molecule has 0 nitrogen and oxygen atoms in total. The first kappa shape index (κ1) is 16.7. The van der Waals surface area contributed by atoms with Gasteiger partial charge in [-0.3, -0.25) is 0 Å². The van der Waals surface area contributed by atoms with E-state index in [0.717, 1.165) is 0 Å². The summed E-state index contributed by atoms with van der Waals surface area (Å²) >= 11 is 0. The van der Waals surface area contributed by atoms with Gasteiger partial charge in [-0.25, -0.2) is 0 Å². The van der Waals surface area contributed by atoms with Crippen LogP contribution in [-0.2, 0) is 0 Å². The van der Waals surface area contributed by atoms with E-state index in [1.807, 2.05) is 19.1 Å². The molecule has 0 N–H and O–H groups in total. The smallest absolute Gasteiger partial charge is 0.0395 e. The summed E-state index contributed by atoms with van der Waals surface area (Å²) in [6, 6.07) is 0. The maximum absolute atomic E-state index is 3.67. The summed E-state index contributed by atoms with van der Waals surface area (Å²) in [6.07, 6.45) is 5.98. The summed E-state index contributed by atoms with van der Waals surface area (Å²) in [7, 11) is 0. The number of hydrogen-bond acceptors (Lipinski definition) is 0. The highest BCUT2D eigenvalue weighted by molar-refractivity contribution is 5.28. The van der Waals surface area contributed by atoms with Gasteiger partial charge in [0.1, 0.15) is 0 Å². The van der Waals surface area contributed by atoms with Crippen LogP contribution in [0.5, 0.6) is 0 Å². The zero-order valence-corrected chi connectivity index (χ0v) is 6.44. The average Bonchev–Trinajstić information content (AvgIpc) is 1.87. The fourth-order valence-corrected chi connectivity index (χ4v) is 0.542. The Hall–Kier alpha value is -0.780. The first-order valence-corrected chi connectivity index (χ1v) is 3.15. The summed E-state index contributed by atoms with van der Waals surface area (Å²) in [5.74, 6) is 0. The fourth-order valence-electron chi connectivity index (χ4n) is 0.542. The minimum absolute atomic E-state index is 0. The molecule has 0 aliphatic rings. The molecule has 0 unspecified atom stereocenters. The molecule has 0 heteroatoms. The van der Waals surface area contributed by atoms with E-state index in [1.54, 1.807) is 0 Å². The van der Waals surface area contributed by atoms with Crippen molar-refractivity contribution in [1.82, 2.24) is 0 Å². The van der Waals surface area contributed by atoms with Crippen molar-refractivity contribution in [3.8, 4) is 0 Å². The lowest BCUT2D eigenvalue weighted by Gasteiger charge is -1.93. The fraction of sp³-hybridized carbons (Fsp3) is 0.455. The molecule has 0 atom stereocenters. The second-order valence-electron chi connectivity index (χ2n) is 2.07. The SMILES string of the molecule is C.C.C=C/C(C)=C(C)\C=C/C. The summed E-state index contributed by atoms with van der Waals surface area (Å²) in [5.41, 5.74) is 2.53. The van der Waals surface area contributed by atoms with E-state index in [0.29, 0.717) is 0 Å². The molecule has 0 spiro atoms. The largest absolute Gasteiger partial charge is 0.0988 e. The van der Waals surface area contributed by atoms with E-state index in [9.17, 15) is 0 Å². The third kappa shape index (κ3) is 7.11. The van der Waals surface area contributed by atoms with Gasteiger partial charge in [0.25, 0.3) is 0 Å².